The predicted octanol–water partition coefficient (Wildman–Crippen LogP) is 3.92. The van der Waals surface area contributed by atoms with E-state index in [0.29, 0.717) is 30.8 Å². The minimum atomic E-state index is -0.438. The first kappa shape index (κ1) is 18.5. The van der Waals surface area contributed by atoms with Gasteiger partial charge < -0.3 is 15.4 Å². The number of ether oxygens (including phenoxy) is 1. The van der Waals surface area contributed by atoms with Crippen LogP contribution in [0.3, 0.4) is 0 Å². The summed E-state index contributed by atoms with van der Waals surface area (Å²) >= 11 is 0. The summed E-state index contributed by atoms with van der Waals surface area (Å²) in [7, 11) is 0. The quantitative estimate of drug-likeness (QED) is 0.750. The summed E-state index contributed by atoms with van der Waals surface area (Å²) in [5.41, 5.74) is 4.20. The molecule has 0 radical (unpaired) electrons. The van der Waals surface area contributed by atoms with Gasteiger partial charge in [0, 0.05) is 18.7 Å². The van der Waals surface area contributed by atoms with Gasteiger partial charge in [-0.3, -0.25) is 4.79 Å². The number of carbonyl (C=O) groups is 2. The van der Waals surface area contributed by atoms with Crippen molar-refractivity contribution in [2.24, 2.45) is 0 Å². The van der Waals surface area contributed by atoms with Crippen molar-refractivity contribution in [2.75, 3.05) is 23.8 Å². The molecule has 0 aliphatic heterocycles. The van der Waals surface area contributed by atoms with Gasteiger partial charge in [0.2, 0.25) is 5.91 Å². The van der Waals surface area contributed by atoms with Gasteiger partial charge in [0.05, 0.1) is 17.9 Å². The fraction of sp³-hybridized carbons (Fsp3) is 0.300. The van der Waals surface area contributed by atoms with E-state index in [2.05, 4.69) is 16.7 Å². The highest BCUT2D eigenvalue weighted by atomic mass is 16.5. The van der Waals surface area contributed by atoms with Crippen molar-refractivity contribution in [3.8, 4) is 0 Å². The minimum Gasteiger partial charge on any atom is -0.462 e. The number of aryl methyl sites for hydroxylation is 2. The molecule has 5 nitrogen and oxygen atoms in total. The summed E-state index contributed by atoms with van der Waals surface area (Å²) in [5.74, 6) is -0.596. The summed E-state index contributed by atoms with van der Waals surface area (Å²) in [4.78, 5) is 24.1. The molecule has 0 unspecified atom stereocenters. The average molecular weight is 340 g/mol. The Kier molecular flexibility index (Phi) is 6.57. The molecule has 0 atom stereocenters. The molecule has 0 heterocycles. The van der Waals surface area contributed by atoms with Gasteiger partial charge >= 0.3 is 5.97 Å². The first-order chi connectivity index (χ1) is 12.0. The number of anilines is 2. The van der Waals surface area contributed by atoms with Crippen LogP contribution < -0.4 is 10.6 Å². The summed E-state index contributed by atoms with van der Waals surface area (Å²) in [6.45, 7) is 6.63. The lowest BCUT2D eigenvalue weighted by molar-refractivity contribution is -0.115. The number of hydrogen-bond donors (Lipinski definition) is 2. The molecule has 2 N–H and O–H groups in total. The Hall–Kier alpha value is -2.82. The number of esters is 1. The molecule has 0 bridgehead atoms. The minimum absolute atomic E-state index is 0.158. The lowest BCUT2D eigenvalue weighted by atomic mass is 10.1. The SMILES string of the molecule is CCOC(=O)c1ccccc1NC(=O)CCNc1ccc(C)cc1C. The Morgan fingerprint density at radius 2 is 1.80 bits per heavy atom. The van der Waals surface area contributed by atoms with Crippen molar-refractivity contribution in [3.63, 3.8) is 0 Å². The molecule has 25 heavy (non-hydrogen) atoms. The van der Waals surface area contributed by atoms with E-state index in [0.717, 1.165) is 11.3 Å². The second-order valence-electron chi connectivity index (χ2n) is 5.81. The molecule has 0 aliphatic rings. The number of benzene rings is 2. The largest absolute Gasteiger partial charge is 0.462 e. The Morgan fingerprint density at radius 1 is 1.04 bits per heavy atom. The van der Waals surface area contributed by atoms with Crippen molar-refractivity contribution in [3.05, 3.63) is 59.2 Å². The van der Waals surface area contributed by atoms with E-state index in [1.807, 2.05) is 26.0 Å². The highest BCUT2D eigenvalue weighted by molar-refractivity contribution is 6.01. The zero-order chi connectivity index (χ0) is 18.2. The van der Waals surface area contributed by atoms with Gasteiger partial charge in [0.15, 0.2) is 0 Å². The van der Waals surface area contributed by atoms with E-state index in [-0.39, 0.29) is 5.91 Å². The van der Waals surface area contributed by atoms with Crippen molar-refractivity contribution < 1.29 is 14.3 Å². The second kappa shape index (κ2) is 8.87. The Labute approximate surface area is 148 Å². The highest BCUT2D eigenvalue weighted by Gasteiger charge is 2.13. The Balaban J connectivity index is 1.91. The maximum atomic E-state index is 12.2. The number of amides is 1. The normalized spacial score (nSPS) is 10.2. The van der Waals surface area contributed by atoms with Crippen LogP contribution in [0.25, 0.3) is 0 Å². The molecule has 2 aromatic carbocycles. The van der Waals surface area contributed by atoms with Gasteiger partial charge in [0.25, 0.3) is 0 Å². The van der Waals surface area contributed by atoms with Crippen molar-refractivity contribution >= 4 is 23.3 Å². The molecule has 1 amide bonds. The zero-order valence-electron chi connectivity index (χ0n) is 14.9. The molecule has 2 rings (SSSR count). The number of rotatable bonds is 7. The van der Waals surface area contributed by atoms with E-state index in [4.69, 9.17) is 4.74 Å². The van der Waals surface area contributed by atoms with E-state index in [1.54, 1.807) is 31.2 Å². The summed E-state index contributed by atoms with van der Waals surface area (Å²) in [6, 6.07) is 13.0. The lowest BCUT2D eigenvalue weighted by Crippen LogP contribution is -2.18. The van der Waals surface area contributed by atoms with E-state index in [1.165, 1.54) is 5.56 Å². The zero-order valence-corrected chi connectivity index (χ0v) is 14.9. The molecule has 0 saturated heterocycles. The lowest BCUT2D eigenvalue weighted by Gasteiger charge is -2.12. The maximum absolute atomic E-state index is 12.2. The molecular weight excluding hydrogens is 316 g/mol. The van der Waals surface area contributed by atoms with Gasteiger partial charge in [0.1, 0.15) is 0 Å². The molecule has 2 aromatic rings. The van der Waals surface area contributed by atoms with Crippen LogP contribution in [-0.2, 0) is 9.53 Å². The Bertz CT molecular complexity index is 756. The third-order valence-corrected chi connectivity index (χ3v) is 3.75. The van der Waals surface area contributed by atoms with Crippen molar-refractivity contribution in [2.45, 2.75) is 27.2 Å². The van der Waals surface area contributed by atoms with Crippen LogP contribution in [0.15, 0.2) is 42.5 Å². The standard InChI is InChI=1S/C20H24N2O3/c1-4-25-20(24)16-7-5-6-8-18(16)22-19(23)11-12-21-17-10-9-14(2)13-15(17)3/h5-10,13,21H,4,11-12H2,1-3H3,(H,22,23). The third-order valence-electron chi connectivity index (χ3n) is 3.75. The fourth-order valence-electron chi connectivity index (χ4n) is 2.51. The molecule has 0 fully saturated rings. The van der Waals surface area contributed by atoms with E-state index >= 15 is 0 Å². The molecule has 0 saturated carbocycles. The first-order valence-corrected chi connectivity index (χ1v) is 8.38. The van der Waals surface area contributed by atoms with Crippen molar-refractivity contribution in [1.82, 2.24) is 0 Å². The van der Waals surface area contributed by atoms with Gasteiger partial charge in [-0.15, -0.1) is 0 Å². The maximum Gasteiger partial charge on any atom is 0.340 e. The van der Waals surface area contributed by atoms with Crippen LogP contribution in [-0.4, -0.2) is 25.0 Å². The molecular formula is C20H24N2O3. The van der Waals surface area contributed by atoms with Gasteiger partial charge in [-0.2, -0.15) is 0 Å². The first-order valence-electron chi connectivity index (χ1n) is 8.38. The van der Waals surface area contributed by atoms with Crippen LogP contribution in [0.4, 0.5) is 11.4 Å². The third kappa shape index (κ3) is 5.35. The topological polar surface area (TPSA) is 67.4 Å². The van der Waals surface area contributed by atoms with Crippen LogP contribution in [0.5, 0.6) is 0 Å². The van der Waals surface area contributed by atoms with Gasteiger partial charge in [-0.05, 0) is 44.5 Å². The average Bonchev–Trinajstić information content (AvgIpc) is 2.57. The monoisotopic (exact) mass is 340 g/mol. The molecule has 0 spiro atoms. The highest BCUT2D eigenvalue weighted by Crippen LogP contribution is 2.18. The smallest absolute Gasteiger partial charge is 0.340 e. The molecule has 0 aliphatic carbocycles. The van der Waals surface area contributed by atoms with Gasteiger partial charge in [-0.1, -0.05) is 29.8 Å². The van der Waals surface area contributed by atoms with Crippen LogP contribution in [0.2, 0.25) is 0 Å². The second-order valence-corrected chi connectivity index (χ2v) is 5.81. The van der Waals surface area contributed by atoms with Crippen LogP contribution in [0.1, 0.15) is 34.8 Å². The number of hydrogen-bond acceptors (Lipinski definition) is 4. The number of nitrogens with one attached hydrogen (secondary N) is 2. The fourth-order valence-corrected chi connectivity index (χ4v) is 2.51. The van der Waals surface area contributed by atoms with E-state index < -0.39 is 5.97 Å². The van der Waals surface area contributed by atoms with E-state index in [9.17, 15) is 9.59 Å². The van der Waals surface area contributed by atoms with Crippen LogP contribution in [0, 0.1) is 13.8 Å². The summed E-state index contributed by atoms with van der Waals surface area (Å²) < 4.78 is 5.01. The Morgan fingerprint density at radius 3 is 2.52 bits per heavy atom. The van der Waals surface area contributed by atoms with Crippen LogP contribution >= 0.6 is 0 Å². The number of para-hydroxylation sites is 1. The predicted molar refractivity (Wildman–Crippen MR) is 100 cm³/mol. The van der Waals surface area contributed by atoms with Gasteiger partial charge in [-0.25, -0.2) is 4.79 Å². The summed E-state index contributed by atoms with van der Waals surface area (Å²) in [5, 5.41) is 6.04. The van der Waals surface area contributed by atoms with Crippen molar-refractivity contribution in [1.29, 1.82) is 0 Å². The number of carbonyl (C=O) groups excluding carboxylic acids is 2. The summed E-state index contributed by atoms with van der Waals surface area (Å²) in [6.07, 6.45) is 0.296. The molecule has 132 valence electrons. The molecule has 5 heteroatoms. The molecule has 0 aromatic heterocycles.